The lowest BCUT2D eigenvalue weighted by molar-refractivity contribution is -0.123. The highest BCUT2D eigenvalue weighted by atomic mass is 16.2. The van der Waals surface area contributed by atoms with Crippen LogP contribution in [-0.2, 0) is 4.79 Å². The minimum absolute atomic E-state index is 0.0673. The van der Waals surface area contributed by atoms with Crippen molar-refractivity contribution in [3.8, 4) is 0 Å². The molecule has 3 rings (SSSR count). The summed E-state index contributed by atoms with van der Waals surface area (Å²) < 4.78 is 0. The van der Waals surface area contributed by atoms with Crippen molar-refractivity contribution >= 4 is 5.91 Å². The lowest BCUT2D eigenvalue weighted by atomic mass is 9.75. The molecule has 2 N–H and O–H groups in total. The van der Waals surface area contributed by atoms with E-state index in [0.29, 0.717) is 18.0 Å². The molecule has 0 aliphatic heterocycles. The average molecular weight is 258 g/mol. The highest BCUT2D eigenvalue weighted by molar-refractivity contribution is 5.81. The summed E-state index contributed by atoms with van der Waals surface area (Å²) in [5.41, 5.74) is 1.43. The Kier molecular flexibility index (Phi) is 3.56. The van der Waals surface area contributed by atoms with Crippen molar-refractivity contribution in [2.24, 2.45) is 0 Å². The third-order valence-corrected chi connectivity index (χ3v) is 4.21. The van der Waals surface area contributed by atoms with Crippen LogP contribution in [0.25, 0.3) is 0 Å². The first-order valence-corrected chi connectivity index (χ1v) is 7.34. The molecule has 19 heavy (non-hydrogen) atoms. The molecule has 0 spiro atoms. The Bertz CT molecular complexity index is 435. The molecule has 2 aliphatic rings. The maximum Gasteiger partial charge on any atom is 0.237 e. The van der Waals surface area contributed by atoms with Crippen LogP contribution >= 0.6 is 0 Å². The molecule has 1 amide bonds. The third-order valence-electron chi connectivity index (χ3n) is 4.21. The van der Waals surface area contributed by atoms with Gasteiger partial charge >= 0.3 is 0 Å². The van der Waals surface area contributed by atoms with Crippen LogP contribution in [0.3, 0.4) is 0 Å². The Morgan fingerprint density at radius 3 is 2.47 bits per heavy atom. The van der Waals surface area contributed by atoms with E-state index in [1.165, 1.54) is 5.56 Å². The van der Waals surface area contributed by atoms with Gasteiger partial charge < -0.3 is 10.6 Å². The SMILES string of the molecule is CC(NC1CC(c2ccccc2)C1)C(=O)NC1CC1. The van der Waals surface area contributed by atoms with E-state index in [1.54, 1.807) is 0 Å². The number of hydrogen-bond acceptors (Lipinski definition) is 2. The van der Waals surface area contributed by atoms with E-state index in [9.17, 15) is 4.79 Å². The number of carbonyl (C=O) groups is 1. The molecule has 0 aromatic heterocycles. The van der Waals surface area contributed by atoms with Crippen LogP contribution in [0.15, 0.2) is 30.3 Å². The van der Waals surface area contributed by atoms with Crippen molar-refractivity contribution in [3.05, 3.63) is 35.9 Å². The minimum atomic E-state index is -0.0673. The fraction of sp³-hybridized carbons (Fsp3) is 0.562. The second kappa shape index (κ2) is 5.33. The summed E-state index contributed by atoms with van der Waals surface area (Å²) in [5.74, 6) is 0.822. The molecular weight excluding hydrogens is 236 g/mol. The molecule has 3 heteroatoms. The van der Waals surface area contributed by atoms with Gasteiger partial charge in [0.1, 0.15) is 0 Å². The molecule has 0 heterocycles. The number of rotatable bonds is 5. The van der Waals surface area contributed by atoms with Crippen molar-refractivity contribution in [2.75, 3.05) is 0 Å². The van der Waals surface area contributed by atoms with E-state index in [2.05, 4.69) is 41.0 Å². The van der Waals surface area contributed by atoms with E-state index in [1.807, 2.05) is 6.92 Å². The van der Waals surface area contributed by atoms with Gasteiger partial charge in [0.15, 0.2) is 0 Å². The first-order chi connectivity index (χ1) is 9.22. The van der Waals surface area contributed by atoms with Crippen molar-refractivity contribution < 1.29 is 4.79 Å². The molecule has 2 aliphatic carbocycles. The van der Waals surface area contributed by atoms with Crippen LogP contribution < -0.4 is 10.6 Å². The van der Waals surface area contributed by atoms with Gasteiger partial charge in [0.2, 0.25) is 5.91 Å². The zero-order chi connectivity index (χ0) is 13.2. The summed E-state index contributed by atoms with van der Waals surface area (Å²) in [7, 11) is 0. The van der Waals surface area contributed by atoms with Crippen LogP contribution in [0.1, 0.15) is 44.1 Å². The Labute approximate surface area is 114 Å². The second-order valence-electron chi connectivity index (χ2n) is 5.95. The molecule has 1 aromatic rings. The highest BCUT2D eigenvalue weighted by Crippen LogP contribution is 2.36. The monoisotopic (exact) mass is 258 g/mol. The standard InChI is InChI=1S/C16H22N2O/c1-11(16(19)18-14-7-8-14)17-15-9-13(10-15)12-5-3-2-4-6-12/h2-6,11,13-15,17H,7-10H2,1H3,(H,18,19). The van der Waals surface area contributed by atoms with Crippen molar-refractivity contribution in [1.82, 2.24) is 10.6 Å². The van der Waals surface area contributed by atoms with Gasteiger partial charge in [0.05, 0.1) is 6.04 Å². The largest absolute Gasteiger partial charge is 0.352 e. The van der Waals surface area contributed by atoms with Crippen molar-refractivity contribution in [1.29, 1.82) is 0 Å². The first kappa shape index (κ1) is 12.7. The van der Waals surface area contributed by atoms with Gasteiger partial charge in [0, 0.05) is 12.1 Å². The Morgan fingerprint density at radius 1 is 1.16 bits per heavy atom. The fourth-order valence-corrected chi connectivity index (χ4v) is 2.73. The van der Waals surface area contributed by atoms with Gasteiger partial charge in [-0.2, -0.15) is 0 Å². The molecule has 0 bridgehead atoms. The molecule has 1 aromatic carbocycles. The summed E-state index contributed by atoms with van der Waals surface area (Å²) in [4.78, 5) is 11.8. The minimum Gasteiger partial charge on any atom is -0.352 e. The zero-order valence-electron chi connectivity index (χ0n) is 11.4. The van der Waals surface area contributed by atoms with E-state index >= 15 is 0 Å². The molecule has 0 saturated heterocycles. The predicted octanol–water partition coefficient (Wildman–Crippen LogP) is 2.19. The third kappa shape index (κ3) is 3.16. The Morgan fingerprint density at radius 2 is 1.84 bits per heavy atom. The van der Waals surface area contributed by atoms with Gasteiger partial charge in [-0.25, -0.2) is 0 Å². The van der Waals surface area contributed by atoms with Crippen LogP contribution in [0.5, 0.6) is 0 Å². The number of carbonyl (C=O) groups excluding carboxylic acids is 1. The average Bonchev–Trinajstić information content (AvgIpc) is 3.18. The van der Waals surface area contributed by atoms with Gasteiger partial charge in [-0.15, -0.1) is 0 Å². The smallest absolute Gasteiger partial charge is 0.237 e. The fourth-order valence-electron chi connectivity index (χ4n) is 2.73. The normalized spacial score (nSPS) is 27.4. The van der Waals surface area contributed by atoms with Crippen molar-refractivity contribution in [3.63, 3.8) is 0 Å². The lowest BCUT2D eigenvalue weighted by Gasteiger charge is -2.37. The van der Waals surface area contributed by atoms with Crippen LogP contribution in [0, 0.1) is 0 Å². The number of benzene rings is 1. The quantitative estimate of drug-likeness (QED) is 0.850. The van der Waals surface area contributed by atoms with Gasteiger partial charge in [0.25, 0.3) is 0 Å². The van der Waals surface area contributed by atoms with E-state index < -0.39 is 0 Å². The second-order valence-corrected chi connectivity index (χ2v) is 5.95. The van der Waals surface area contributed by atoms with E-state index in [-0.39, 0.29) is 11.9 Å². The Balaban J connectivity index is 1.42. The van der Waals surface area contributed by atoms with Gasteiger partial charge in [-0.3, -0.25) is 4.79 Å². The van der Waals surface area contributed by atoms with Crippen LogP contribution in [0.4, 0.5) is 0 Å². The summed E-state index contributed by atoms with van der Waals surface area (Å²) in [6.07, 6.45) is 4.59. The zero-order valence-corrected chi connectivity index (χ0v) is 11.4. The highest BCUT2D eigenvalue weighted by Gasteiger charge is 2.33. The summed E-state index contributed by atoms with van der Waals surface area (Å²) in [6, 6.07) is 11.5. The lowest BCUT2D eigenvalue weighted by Crippen LogP contribution is -2.51. The maximum absolute atomic E-state index is 11.8. The Hall–Kier alpha value is -1.35. The molecule has 102 valence electrons. The molecule has 3 nitrogen and oxygen atoms in total. The number of hydrogen-bond donors (Lipinski definition) is 2. The maximum atomic E-state index is 11.8. The predicted molar refractivity (Wildman–Crippen MR) is 76.0 cm³/mol. The topological polar surface area (TPSA) is 41.1 Å². The summed E-state index contributed by atoms with van der Waals surface area (Å²) in [5, 5.41) is 6.49. The van der Waals surface area contributed by atoms with E-state index in [4.69, 9.17) is 0 Å². The van der Waals surface area contributed by atoms with Gasteiger partial charge in [-0.1, -0.05) is 30.3 Å². The summed E-state index contributed by atoms with van der Waals surface area (Å²) >= 11 is 0. The van der Waals surface area contributed by atoms with Crippen LogP contribution in [0.2, 0.25) is 0 Å². The molecule has 0 radical (unpaired) electrons. The number of amides is 1. The van der Waals surface area contributed by atoms with E-state index in [0.717, 1.165) is 25.7 Å². The molecule has 2 fully saturated rings. The molecule has 1 unspecified atom stereocenters. The first-order valence-electron chi connectivity index (χ1n) is 7.34. The van der Waals surface area contributed by atoms with Gasteiger partial charge in [-0.05, 0) is 44.1 Å². The molecule has 1 atom stereocenters. The summed E-state index contributed by atoms with van der Waals surface area (Å²) in [6.45, 7) is 1.97. The van der Waals surface area contributed by atoms with Crippen molar-refractivity contribution in [2.45, 2.75) is 56.7 Å². The molecular formula is C16H22N2O. The van der Waals surface area contributed by atoms with Crippen LogP contribution in [-0.4, -0.2) is 24.0 Å². The number of nitrogens with one attached hydrogen (secondary N) is 2. The molecule has 2 saturated carbocycles.